The molecule has 1 unspecified atom stereocenters. The molecule has 3 heteroatoms. The van der Waals surface area contributed by atoms with Gasteiger partial charge in [0, 0.05) is 24.4 Å². The summed E-state index contributed by atoms with van der Waals surface area (Å²) in [5, 5.41) is 0. The van der Waals surface area contributed by atoms with E-state index in [4.69, 9.17) is 16.2 Å². The topological polar surface area (TPSA) is 61.3 Å². The van der Waals surface area contributed by atoms with Crippen LogP contribution in [0.5, 0.6) is 0 Å². The SMILES string of the molecule is Nc1ccc(CC2CCCO2)c(N)c1. The molecular weight excluding hydrogens is 176 g/mol. The second kappa shape index (κ2) is 3.88. The van der Waals surface area contributed by atoms with Gasteiger partial charge in [-0.3, -0.25) is 0 Å². The molecule has 1 atom stereocenters. The van der Waals surface area contributed by atoms with Crippen molar-refractivity contribution in [1.29, 1.82) is 0 Å². The monoisotopic (exact) mass is 192 g/mol. The maximum Gasteiger partial charge on any atom is 0.0617 e. The highest BCUT2D eigenvalue weighted by Crippen LogP contribution is 2.22. The lowest BCUT2D eigenvalue weighted by Gasteiger charge is -2.11. The second-order valence-electron chi connectivity index (χ2n) is 3.80. The summed E-state index contributed by atoms with van der Waals surface area (Å²) in [6, 6.07) is 5.69. The maximum absolute atomic E-state index is 5.86. The van der Waals surface area contributed by atoms with Gasteiger partial charge in [0.2, 0.25) is 0 Å². The van der Waals surface area contributed by atoms with Crippen LogP contribution in [-0.2, 0) is 11.2 Å². The number of hydrogen-bond acceptors (Lipinski definition) is 3. The van der Waals surface area contributed by atoms with E-state index in [-0.39, 0.29) is 0 Å². The smallest absolute Gasteiger partial charge is 0.0617 e. The van der Waals surface area contributed by atoms with Gasteiger partial charge in [-0.1, -0.05) is 6.07 Å². The summed E-state index contributed by atoms with van der Waals surface area (Å²) in [6.45, 7) is 0.888. The van der Waals surface area contributed by atoms with Crippen LogP contribution in [0.4, 0.5) is 11.4 Å². The number of hydrogen-bond donors (Lipinski definition) is 2. The van der Waals surface area contributed by atoms with Crippen LogP contribution in [0.2, 0.25) is 0 Å². The van der Waals surface area contributed by atoms with E-state index in [1.165, 1.54) is 6.42 Å². The standard InChI is InChI=1S/C11H16N2O/c12-9-4-3-8(11(13)7-9)6-10-2-1-5-14-10/h3-4,7,10H,1-2,5-6,12-13H2. The van der Waals surface area contributed by atoms with Crippen LogP contribution in [0.15, 0.2) is 18.2 Å². The lowest BCUT2D eigenvalue weighted by molar-refractivity contribution is 0.111. The van der Waals surface area contributed by atoms with Gasteiger partial charge >= 0.3 is 0 Å². The highest BCUT2D eigenvalue weighted by Gasteiger charge is 2.16. The molecule has 0 saturated carbocycles. The molecule has 76 valence electrons. The quantitative estimate of drug-likeness (QED) is 0.699. The molecule has 0 spiro atoms. The van der Waals surface area contributed by atoms with Gasteiger partial charge < -0.3 is 16.2 Å². The van der Waals surface area contributed by atoms with Crippen LogP contribution in [0.25, 0.3) is 0 Å². The average molecular weight is 192 g/mol. The van der Waals surface area contributed by atoms with E-state index in [0.29, 0.717) is 6.10 Å². The normalized spacial score (nSPS) is 21.3. The third-order valence-electron chi connectivity index (χ3n) is 2.64. The van der Waals surface area contributed by atoms with Gasteiger partial charge in [-0.25, -0.2) is 0 Å². The molecule has 1 heterocycles. The van der Waals surface area contributed by atoms with Crippen molar-refractivity contribution in [3.8, 4) is 0 Å². The van der Waals surface area contributed by atoms with Crippen LogP contribution in [0.3, 0.4) is 0 Å². The molecule has 3 nitrogen and oxygen atoms in total. The molecule has 0 bridgehead atoms. The van der Waals surface area contributed by atoms with Crippen LogP contribution in [0, 0.1) is 0 Å². The molecule has 1 aliphatic heterocycles. The molecule has 1 aromatic rings. The van der Waals surface area contributed by atoms with Gasteiger partial charge in [-0.2, -0.15) is 0 Å². The Hall–Kier alpha value is -1.22. The number of rotatable bonds is 2. The summed E-state index contributed by atoms with van der Waals surface area (Å²) in [7, 11) is 0. The van der Waals surface area contributed by atoms with Gasteiger partial charge in [0.1, 0.15) is 0 Å². The Bertz CT molecular complexity index is 319. The van der Waals surface area contributed by atoms with Crippen LogP contribution in [-0.4, -0.2) is 12.7 Å². The molecule has 0 radical (unpaired) electrons. The number of nitrogens with two attached hydrogens (primary N) is 2. The fourth-order valence-corrected chi connectivity index (χ4v) is 1.85. The van der Waals surface area contributed by atoms with Crippen molar-refractivity contribution in [2.45, 2.75) is 25.4 Å². The summed E-state index contributed by atoms with van der Waals surface area (Å²) in [6.07, 6.45) is 3.57. The Morgan fingerprint density at radius 2 is 2.21 bits per heavy atom. The molecule has 2 rings (SSSR count). The zero-order valence-corrected chi connectivity index (χ0v) is 8.20. The highest BCUT2D eigenvalue weighted by atomic mass is 16.5. The first-order chi connectivity index (χ1) is 6.75. The molecule has 4 N–H and O–H groups in total. The van der Waals surface area contributed by atoms with Crippen LogP contribution >= 0.6 is 0 Å². The summed E-state index contributed by atoms with van der Waals surface area (Å²) >= 11 is 0. The van der Waals surface area contributed by atoms with E-state index in [9.17, 15) is 0 Å². The van der Waals surface area contributed by atoms with Crippen molar-refractivity contribution < 1.29 is 4.74 Å². The minimum Gasteiger partial charge on any atom is -0.399 e. The van der Waals surface area contributed by atoms with Crippen LogP contribution in [0.1, 0.15) is 18.4 Å². The Morgan fingerprint density at radius 3 is 2.86 bits per heavy atom. The third kappa shape index (κ3) is 1.99. The predicted molar refractivity (Wildman–Crippen MR) is 57.9 cm³/mol. The Kier molecular flexibility index (Phi) is 2.59. The Labute approximate surface area is 84.0 Å². The summed E-state index contributed by atoms with van der Waals surface area (Å²) in [5.74, 6) is 0. The zero-order valence-electron chi connectivity index (χ0n) is 8.20. The van der Waals surface area contributed by atoms with E-state index in [1.54, 1.807) is 0 Å². The fraction of sp³-hybridized carbons (Fsp3) is 0.455. The Balaban J connectivity index is 2.08. The fourth-order valence-electron chi connectivity index (χ4n) is 1.85. The van der Waals surface area contributed by atoms with E-state index in [0.717, 1.165) is 36.4 Å². The molecule has 1 aliphatic rings. The highest BCUT2D eigenvalue weighted by molar-refractivity contribution is 5.56. The molecule has 0 aliphatic carbocycles. The maximum atomic E-state index is 5.86. The summed E-state index contributed by atoms with van der Waals surface area (Å²) in [5.41, 5.74) is 14.1. The first-order valence-electron chi connectivity index (χ1n) is 5.01. The van der Waals surface area contributed by atoms with Gasteiger partial charge in [-0.15, -0.1) is 0 Å². The third-order valence-corrected chi connectivity index (χ3v) is 2.64. The second-order valence-corrected chi connectivity index (χ2v) is 3.80. The molecule has 0 amide bonds. The summed E-state index contributed by atoms with van der Waals surface area (Å²) in [4.78, 5) is 0. The molecule has 1 aromatic carbocycles. The van der Waals surface area contributed by atoms with Gasteiger partial charge in [-0.05, 0) is 30.5 Å². The largest absolute Gasteiger partial charge is 0.399 e. The minimum absolute atomic E-state index is 0.348. The molecule has 1 saturated heterocycles. The lowest BCUT2D eigenvalue weighted by Crippen LogP contribution is -2.10. The predicted octanol–water partition coefficient (Wildman–Crippen LogP) is 1.57. The van der Waals surface area contributed by atoms with Crippen molar-refractivity contribution in [2.75, 3.05) is 18.1 Å². The van der Waals surface area contributed by atoms with Crippen molar-refractivity contribution >= 4 is 11.4 Å². The minimum atomic E-state index is 0.348. The molecular formula is C11H16N2O. The van der Waals surface area contributed by atoms with E-state index in [1.807, 2.05) is 18.2 Å². The van der Waals surface area contributed by atoms with Gasteiger partial charge in [0.15, 0.2) is 0 Å². The van der Waals surface area contributed by atoms with Crippen molar-refractivity contribution in [3.63, 3.8) is 0 Å². The zero-order chi connectivity index (χ0) is 9.97. The number of nitrogen functional groups attached to an aromatic ring is 2. The number of anilines is 2. The van der Waals surface area contributed by atoms with Crippen molar-refractivity contribution in [2.24, 2.45) is 0 Å². The van der Waals surface area contributed by atoms with Gasteiger partial charge in [0.25, 0.3) is 0 Å². The average Bonchev–Trinajstić information content (AvgIpc) is 2.62. The molecule has 14 heavy (non-hydrogen) atoms. The van der Waals surface area contributed by atoms with E-state index >= 15 is 0 Å². The molecule has 0 aromatic heterocycles. The number of benzene rings is 1. The lowest BCUT2D eigenvalue weighted by atomic mass is 10.0. The van der Waals surface area contributed by atoms with Crippen LogP contribution < -0.4 is 11.5 Å². The molecule has 1 fully saturated rings. The van der Waals surface area contributed by atoms with E-state index in [2.05, 4.69) is 0 Å². The summed E-state index contributed by atoms with van der Waals surface area (Å²) < 4.78 is 5.56. The van der Waals surface area contributed by atoms with Crippen molar-refractivity contribution in [1.82, 2.24) is 0 Å². The number of ether oxygens (including phenoxy) is 1. The van der Waals surface area contributed by atoms with Gasteiger partial charge in [0.05, 0.1) is 6.10 Å². The van der Waals surface area contributed by atoms with E-state index < -0.39 is 0 Å². The Morgan fingerprint density at radius 1 is 1.36 bits per heavy atom. The first-order valence-corrected chi connectivity index (χ1v) is 5.01. The first kappa shape index (κ1) is 9.34. The van der Waals surface area contributed by atoms with Crippen molar-refractivity contribution in [3.05, 3.63) is 23.8 Å².